The smallest absolute Gasteiger partial charge is 0.207 e. The Morgan fingerprint density at radius 3 is 0.403 bits per heavy atom. The van der Waals surface area contributed by atoms with Gasteiger partial charge >= 0.3 is 0 Å². The van der Waals surface area contributed by atoms with Gasteiger partial charge in [-0.05, 0) is 106 Å². The van der Waals surface area contributed by atoms with Crippen LogP contribution in [0.2, 0.25) is 0 Å². The van der Waals surface area contributed by atoms with E-state index in [4.69, 9.17) is 0 Å². The van der Waals surface area contributed by atoms with E-state index < -0.39 is 22.7 Å². The summed E-state index contributed by atoms with van der Waals surface area (Å²) in [5.74, 6) is -2.25. The van der Waals surface area contributed by atoms with Crippen LogP contribution in [0.3, 0.4) is 0 Å². The van der Waals surface area contributed by atoms with Crippen molar-refractivity contribution in [3.05, 3.63) is 0 Å². The zero-order valence-corrected chi connectivity index (χ0v) is 50.3. The minimum absolute atomic E-state index is 0.437. The Morgan fingerprint density at radius 1 is 0.274 bits per heavy atom. The number of hydrogen-bond acceptors (Lipinski definition) is 0. The average molecular weight is 898 g/mol. The van der Waals surface area contributed by atoms with Gasteiger partial charge < -0.3 is 0 Å². The van der Waals surface area contributed by atoms with E-state index in [-0.39, 0.29) is 0 Å². The molecule has 2 saturated carbocycles. The fraction of sp³-hybridized carbons (Fsp3) is 1.00. The molecule has 0 saturated heterocycles. The Bertz CT molecular complexity index is 877. The first kappa shape index (κ1) is 73.3. The Hall–Kier alpha value is -0.280. The van der Waals surface area contributed by atoms with Crippen LogP contribution >= 0.6 is 0 Å². The Balaban J connectivity index is -0.000000145. The highest BCUT2D eigenvalue weighted by Gasteiger charge is 2.38. The van der Waals surface area contributed by atoms with Crippen molar-refractivity contribution in [3.63, 3.8) is 0 Å². The minimum atomic E-state index is -2.56. The van der Waals surface area contributed by atoms with Crippen molar-refractivity contribution < 1.29 is 17.6 Å². The molecule has 62 heavy (non-hydrogen) atoms. The maximum absolute atomic E-state index is 12.2. The van der Waals surface area contributed by atoms with E-state index in [9.17, 15) is 17.6 Å². The van der Waals surface area contributed by atoms with E-state index in [2.05, 4.69) is 201 Å². The summed E-state index contributed by atoms with van der Waals surface area (Å²) in [6, 6.07) is 0. The van der Waals surface area contributed by atoms with E-state index in [1.165, 1.54) is 73.6 Å². The maximum atomic E-state index is 12.2. The summed E-state index contributed by atoms with van der Waals surface area (Å²) in [7, 11) is 0. The van der Waals surface area contributed by atoms with Crippen LogP contribution in [0.25, 0.3) is 0 Å². The molecule has 0 aromatic rings. The van der Waals surface area contributed by atoms with Crippen LogP contribution in [0.1, 0.15) is 288 Å². The van der Waals surface area contributed by atoms with E-state index in [0.717, 1.165) is 31.6 Å². The molecule has 2 fully saturated rings. The lowest BCUT2D eigenvalue weighted by Crippen LogP contribution is -2.29. The van der Waals surface area contributed by atoms with Gasteiger partial charge in [0.25, 0.3) is 0 Å². The van der Waals surface area contributed by atoms with Crippen LogP contribution in [-0.2, 0) is 0 Å². The van der Waals surface area contributed by atoms with Gasteiger partial charge in [-0.2, -0.15) is 0 Å². The summed E-state index contributed by atoms with van der Waals surface area (Å²) < 4.78 is 48.9. The monoisotopic (exact) mass is 897 g/mol. The van der Waals surface area contributed by atoms with Crippen molar-refractivity contribution in [2.45, 2.75) is 300 Å². The summed E-state index contributed by atoms with van der Waals surface area (Å²) in [5.41, 5.74) is 2.54. The molecule has 0 heterocycles. The molecule has 384 valence electrons. The molecule has 0 N–H and O–H groups in total. The second-order valence-corrected chi connectivity index (χ2v) is 30.9. The van der Waals surface area contributed by atoms with Gasteiger partial charge in [0.1, 0.15) is 0 Å². The first-order chi connectivity index (χ1) is 25.9. The van der Waals surface area contributed by atoms with Gasteiger partial charge in [0.15, 0.2) is 0 Å². The molecule has 0 aliphatic heterocycles. The lowest BCUT2D eigenvalue weighted by atomic mass is 9.69. The number of halogens is 4. The van der Waals surface area contributed by atoms with Crippen molar-refractivity contribution in [2.75, 3.05) is 0 Å². The first-order valence-electron chi connectivity index (χ1n) is 24.7. The molecule has 0 aromatic carbocycles. The molecule has 0 atom stereocenters. The van der Waals surface area contributed by atoms with Crippen LogP contribution in [0.15, 0.2) is 0 Å². The summed E-state index contributed by atoms with van der Waals surface area (Å²) in [6.07, 6.45) is 7.38. The second-order valence-electron chi connectivity index (χ2n) is 30.9. The van der Waals surface area contributed by atoms with E-state index in [0.29, 0.717) is 48.7 Å². The molecule has 2 rings (SSSR count). The molecule has 0 radical (unpaired) electrons. The highest BCUT2D eigenvalue weighted by molar-refractivity contribution is 4.84. The molecule has 0 bridgehead atoms. The SMILES string of the molecule is CC(C)(C)C(C)(C)C.CC(C)(C)C(C)(C)C.CC(C)(C)C(C)(C)C.CC(C)(C)C(C)(F)F.CC(C)(C)C(C)(F)F.CC(C)(C)C1CC1.CC(C)(C)C1CCC1.CC(C)C(C)(C)C. The third-order valence-electron chi connectivity index (χ3n) is 15.2. The summed E-state index contributed by atoms with van der Waals surface area (Å²) >= 11 is 0. The predicted molar refractivity (Wildman–Crippen MR) is 280 cm³/mol. The quantitative estimate of drug-likeness (QED) is 0.213. The van der Waals surface area contributed by atoms with Crippen molar-refractivity contribution in [1.82, 2.24) is 0 Å². The van der Waals surface area contributed by atoms with Gasteiger partial charge in [-0.3, -0.25) is 0 Å². The number of alkyl halides is 4. The third-order valence-corrected chi connectivity index (χ3v) is 15.2. The van der Waals surface area contributed by atoms with Crippen molar-refractivity contribution in [1.29, 1.82) is 0 Å². The van der Waals surface area contributed by atoms with E-state index in [1.807, 2.05) is 0 Å². The molecule has 0 nitrogen and oxygen atoms in total. The van der Waals surface area contributed by atoms with E-state index in [1.54, 1.807) is 0 Å². The molecule has 2 aliphatic rings. The fourth-order valence-corrected chi connectivity index (χ4v) is 2.22. The predicted octanol–water partition coefficient (Wildman–Crippen LogP) is 22.6. The Labute approximate surface area is 393 Å². The highest BCUT2D eigenvalue weighted by Crippen LogP contribution is 2.45. The van der Waals surface area contributed by atoms with Crippen LogP contribution in [-0.4, -0.2) is 11.8 Å². The van der Waals surface area contributed by atoms with Gasteiger partial charge in [-0.1, -0.05) is 249 Å². The van der Waals surface area contributed by atoms with Crippen molar-refractivity contribution in [3.8, 4) is 0 Å². The molecule has 0 amide bonds. The fourth-order valence-electron chi connectivity index (χ4n) is 2.22. The molecule has 0 unspecified atom stereocenters. The van der Waals surface area contributed by atoms with Crippen LogP contribution in [0.5, 0.6) is 0 Å². The third kappa shape index (κ3) is 40.0. The zero-order valence-electron chi connectivity index (χ0n) is 50.3. The normalized spacial score (nSPS) is 16.2. The highest BCUT2D eigenvalue weighted by atomic mass is 19.3. The van der Waals surface area contributed by atoms with Crippen LogP contribution in [0, 0.1) is 77.3 Å². The summed E-state index contributed by atoms with van der Waals surface area (Å²) in [4.78, 5) is 0. The molecular formula is C58H124F4. The van der Waals surface area contributed by atoms with Gasteiger partial charge in [-0.25, -0.2) is 17.6 Å². The molecular weight excluding hydrogens is 773 g/mol. The van der Waals surface area contributed by atoms with Crippen molar-refractivity contribution >= 4 is 0 Å². The molecule has 2 aliphatic carbocycles. The number of hydrogen-bond donors (Lipinski definition) is 0. The summed E-state index contributed by atoms with van der Waals surface area (Å²) in [6.45, 7) is 77.2. The maximum Gasteiger partial charge on any atom is 0.250 e. The Morgan fingerprint density at radius 2 is 0.403 bits per heavy atom. The zero-order chi connectivity index (χ0) is 52.8. The molecule has 0 spiro atoms. The lowest BCUT2D eigenvalue weighted by molar-refractivity contribution is -0.0788. The molecule has 4 heteroatoms. The van der Waals surface area contributed by atoms with Crippen molar-refractivity contribution in [2.24, 2.45) is 77.3 Å². The van der Waals surface area contributed by atoms with Crippen LogP contribution < -0.4 is 0 Å². The van der Waals surface area contributed by atoms with Gasteiger partial charge in [-0.15, -0.1) is 0 Å². The molecule has 0 aromatic heterocycles. The second kappa shape index (κ2) is 25.7. The average Bonchev–Trinajstić information content (AvgIpc) is 3.69. The largest absolute Gasteiger partial charge is 0.250 e. The van der Waals surface area contributed by atoms with E-state index >= 15 is 0 Å². The lowest BCUT2D eigenvalue weighted by Gasteiger charge is -2.37. The van der Waals surface area contributed by atoms with Gasteiger partial charge in [0.05, 0.1) is 0 Å². The minimum Gasteiger partial charge on any atom is -0.207 e. The topological polar surface area (TPSA) is 0 Å². The Kier molecular flexibility index (Phi) is 30.4. The standard InChI is InChI=1S/C8H16.3C8H18.C7H14.C7H16.2C6H12F2/c1-8(2,3)7-5-4-6-7;3*1-7(2,3)8(4,5)6;1-7(2,3)6-4-5-6;1-6(2)7(3,4)5;2*1-5(2,3)6(4,7)8/h7H,4-6H2,1-3H3;3*1-6H3;6H,4-5H2,1-3H3;6H,1-5H3;2*1-4H3. The van der Waals surface area contributed by atoms with Crippen LogP contribution in [0.4, 0.5) is 17.6 Å². The summed E-state index contributed by atoms with van der Waals surface area (Å²) in [5, 5.41) is 0. The van der Waals surface area contributed by atoms with Gasteiger partial charge in [0, 0.05) is 10.8 Å². The first-order valence-corrected chi connectivity index (χ1v) is 24.7. The number of rotatable bonds is 0. The van der Waals surface area contributed by atoms with Gasteiger partial charge in [0.2, 0.25) is 11.8 Å².